The van der Waals surface area contributed by atoms with Gasteiger partial charge in [-0.25, -0.2) is 0 Å². The molecule has 2 rings (SSSR count). The summed E-state index contributed by atoms with van der Waals surface area (Å²) in [5.41, 5.74) is 2.19. The molecule has 0 saturated heterocycles. The van der Waals surface area contributed by atoms with Crippen LogP contribution in [0.1, 0.15) is 28.5 Å². The largest absolute Gasteiger partial charge is 0.320 e. The number of anilines is 1. The van der Waals surface area contributed by atoms with Crippen LogP contribution in [0.2, 0.25) is 0 Å². The number of amides is 1. The van der Waals surface area contributed by atoms with E-state index in [1.165, 1.54) is 4.68 Å². The molecule has 1 heterocycles. The van der Waals surface area contributed by atoms with Crippen molar-refractivity contribution in [2.75, 3.05) is 5.32 Å². The third kappa shape index (κ3) is 2.91. The molecule has 1 amide bonds. The van der Waals surface area contributed by atoms with Crippen molar-refractivity contribution in [3.63, 3.8) is 0 Å². The number of carbonyl (C=O) groups is 1. The summed E-state index contributed by atoms with van der Waals surface area (Å²) in [6.45, 7) is 5.92. The summed E-state index contributed by atoms with van der Waals surface area (Å²) in [6.07, 6.45) is 1.10. The molecule has 110 valence electrons. The molecular weight excluding hydrogens is 272 g/mol. The average Bonchev–Trinajstić information content (AvgIpc) is 2.87. The van der Waals surface area contributed by atoms with Gasteiger partial charge in [-0.2, -0.15) is 5.10 Å². The number of nitrogens with one attached hydrogen (secondary N) is 1. The van der Waals surface area contributed by atoms with E-state index in [1.54, 1.807) is 6.92 Å². The molecule has 0 saturated carbocycles. The van der Waals surface area contributed by atoms with Crippen LogP contribution in [0.4, 0.5) is 11.4 Å². The summed E-state index contributed by atoms with van der Waals surface area (Å²) < 4.78 is 1.32. The lowest BCUT2D eigenvalue weighted by molar-refractivity contribution is -0.385. The quantitative estimate of drug-likeness (QED) is 0.691. The lowest BCUT2D eigenvalue weighted by Crippen LogP contribution is -2.19. The highest BCUT2D eigenvalue weighted by Crippen LogP contribution is 2.22. The second-order valence-electron chi connectivity index (χ2n) is 4.72. The predicted molar refractivity (Wildman–Crippen MR) is 78.4 cm³/mol. The van der Waals surface area contributed by atoms with E-state index in [0.717, 1.165) is 17.3 Å². The molecule has 0 aliphatic heterocycles. The number of aromatic nitrogens is 2. The van der Waals surface area contributed by atoms with Crippen LogP contribution in [0.5, 0.6) is 0 Å². The number of benzene rings is 1. The third-order valence-corrected chi connectivity index (χ3v) is 3.17. The van der Waals surface area contributed by atoms with Crippen LogP contribution in [0, 0.1) is 24.0 Å². The fourth-order valence-corrected chi connectivity index (χ4v) is 2.03. The van der Waals surface area contributed by atoms with Crippen LogP contribution >= 0.6 is 0 Å². The Hall–Kier alpha value is -2.70. The van der Waals surface area contributed by atoms with Gasteiger partial charge in [0.1, 0.15) is 6.20 Å². The van der Waals surface area contributed by atoms with Crippen LogP contribution in [0.25, 0.3) is 0 Å². The second kappa shape index (κ2) is 5.74. The van der Waals surface area contributed by atoms with Crippen molar-refractivity contribution in [2.24, 2.45) is 0 Å². The molecule has 0 fully saturated rings. The number of rotatable bonds is 4. The van der Waals surface area contributed by atoms with Crippen LogP contribution in [-0.4, -0.2) is 20.6 Å². The van der Waals surface area contributed by atoms with Crippen molar-refractivity contribution >= 4 is 17.3 Å². The average molecular weight is 288 g/mol. The number of hydrogen-bond acceptors (Lipinski definition) is 4. The molecule has 0 unspecified atom stereocenters. The molecule has 21 heavy (non-hydrogen) atoms. The molecule has 1 aromatic heterocycles. The number of carbonyl (C=O) groups excluding carboxylic acids is 1. The summed E-state index contributed by atoms with van der Waals surface area (Å²) in [5.74, 6) is -0.533. The minimum Gasteiger partial charge on any atom is -0.320 e. The Bertz CT molecular complexity index is 706. The van der Waals surface area contributed by atoms with E-state index in [1.807, 2.05) is 32.0 Å². The van der Waals surface area contributed by atoms with Crippen LogP contribution in [0.3, 0.4) is 0 Å². The van der Waals surface area contributed by atoms with E-state index < -0.39 is 10.8 Å². The van der Waals surface area contributed by atoms with Gasteiger partial charge in [0.25, 0.3) is 5.91 Å². The Balaban J connectivity index is 2.38. The Labute approximate surface area is 121 Å². The van der Waals surface area contributed by atoms with Crippen molar-refractivity contribution in [1.29, 1.82) is 0 Å². The summed E-state index contributed by atoms with van der Waals surface area (Å²) in [4.78, 5) is 22.8. The Kier molecular flexibility index (Phi) is 4.02. The maximum atomic E-state index is 12.4. The van der Waals surface area contributed by atoms with Gasteiger partial charge in [0, 0.05) is 12.2 Å². The van der Waals surface area contributed by atoms with E-state index in [2.05, 4.69) is 10.4 Å². The van der Waals surface area contributed by atoms with Crippen molar-refractivity contribution in [3.05, 3.63) is 51.3 Å². The molecule has 0 atom stereocenters. The highest BCUT2D eigenvalue weighted by atomic mass is 16.6. The maximum Gasteiger partial charge on any atom is 0.320 e. The van der Waals surface area contributed by atoms with Gasteiger partial charge in [0.15, 0.2) is 0 Å². The van der Waals surface area contributed by atoms with E-state index in [9.17, 15) is 14.9 Å². The summed E-state index contributed by atoms with van der Waals surface area (Å²) in [7, 11) is 0. The van der Waals surface area contributed by atoms with Crippen LogP contribution < -0.4 is 5.32 Å². The number of aryl methyl sites for hydroxylation is 3. The minimum absolute atomic E-state index is 0.0385. The van der Waals surface area contributed by atoms with Crippen LogP contribution in [-0.2, 0) is 6.54 Å². The fraction of sp³-hybridized carbons (Fsp3) is 0.286. The first-order valence-corrected chi connectivity index (χ1v) is 6.52. The molecule has 1 N–H and O–H groups in total. The normalized spacial score (nSPS) is 10.4. The van der Waals surface area contributed by atoms with Gasteiger partial charge in [-0.1, -0.05) is 12.1 Å². The second-order valence-corrected chi connectivity index (χ2v) is 4.72. The van der Waals surface area contributed by atoms with Gasteiger partial charge in [-0.05, 0) is 38.0 Å². The van der Waals surface area contributed by atoms with Gasteiger partial charge in [-0.3, -0.25) is 19.6 Å². The standard InChI is InChI=1S/C14H16N4O3/c1-4-17-13(12(8-15-17)18(20)21)14(19)16-11-7-9(2)5-6-10(11)3/h5-8H,4H2,1-3H3,(H,16,19). The van der Waals surface area contributed by atoms with Gasteiger partial charge < -0.3 is 5.32 Å². The highest BCUT2D eigenvalue weighted by molar-refractivity contribution is 6.06. The van der Waals surface area contributed by atoms with Gasteiger partial charge >= 0.3 is 5.69 Å². The molecule has 0 bridgehead atoms. The molecule has 7 nitrogen and oxygen atoms in total. The summed E-state index contributed by atoms with van der Waals surface area (Å²) in [6, 6.07) is 5.64. The molecule has 0 aliphatic carbocycles. The number of nitro groups is 1. The number of hydrogen-bond donors (Lipinski definition) is 1. The molecular formula is C14H16N4O3. The molecule has 2 aromatic rings. The number of nitrogens with zero attached hydrogens (tertiary/aromatic N) is 3. The van der Waals surface area contributed by atoms with Gasteiger partial charge in [-0.15, -0.1) is 0 Å². The zero-order valence-corrected chi connectivity index (χ0v) is 12.1. The predicted octanol–water partition coefficient (Wildman–Crippen LogP) is 2.68. The topological polar surface area (TPSA) is 90.1 Å². The zero-order chi connectivity index (χ0) is 15.6. The van der Waals surface area contributed by atoms with Crippen molar-refractivity contribution in [2.45, 2.75) is 27.3 Å². The van der Waals surface area contributed by atoms with Crippen molar-refractivity contribution < 1.29 is 9.72 Å². The maximum absolute atomic E-state index is 12.4. The molecule has 0 aliphatic rings. The smallest absolute Gasteiger partial charge is 0.320 e. The molecule has 0 radical (unpaired) electrons. The SMILES string of the molecule is CCn1ncc([N+](=O)[O-])c1C(=O)Nc1cc(C)ccc1C. The van der Waals surface area contributed by atoms with Crippen molar-refractivity contribution in [1.82, 2.24) is 9.78 Å². The van der Waals surface area contributed by atoms with Gasteiger partial charge in [0.2, 0.25) is 5.69 Å². The van der Waals surface area contributed by atoms with Crippen molar-refractivity contribution in [3.8, 4) is 0 Å². The first-order chi connectivity index (χ1) is 9.93. The Morgan fingerprint density at radius 3 is 2.76 bits per heavy atom. The first-order valence-electron chi connectivity index (χ1n) is 6.52. The Morgan fingerprint density at radius 2 is 2.14 bits per heavy atom. The lowest BCUT2D eigenvalue weighted by atomic mass is 10.1. The van der Waals surface area contributed by atoms with Gasteiger partial charge in [0.05, 0.1) is 4.92 Å². The van der Waals surface area contributed by atoms with Crippen LogP contribution in [0.15, 0.2) is 24.4 Å². The zero-order valence-electron chi connectivity index (χ0n) is 12.1. The van der Waals surface area contributed by atoms with E-state index in [0.29, 0.717) is 12.2 Å². The molecule has 0 spiro atoms. The Morgan fingerprint density at radius 1 is 1.43 bits per heavy atom. The molecule has 1 aromatic carbocycles. The van der Waals surface area contributed by atoms with E-state index in [4.69, 9.17) is 0 Å². The van der Waals surface area contributed by atoms with E-state index in [-0.39, 0.29) is 11.4 Å². The molecule has 7 heteroatoms. The van der Waals surface area contributed by atoms with E-state index >= 15 is 0 Å². The summed E-state index contributed by atoms with van der Waals surface area (Å²) in [5, 5.41) is 17.6. The fourth-order valence-electron chi connectivity index (χ4n) is 2.03. The highest BCUT2D eigenvalue weighted by Gasteiger charge is 2.26. The summed E-state index contributed by atoms with van der Waals surface area (Å²) >= 11 is 0. The monoisotopic (exact) mass is 288 g/mol. The first kappa shape index (κ1) is 14.7. The third-order valence-electron chi connectivity index (χ3n) is 3.17. The minimum atomic E-state index is -0.600. The lowest BCUT2D eigenvalue weighted by Gasteiger charge is -2.10.